The molecule has 4 N–H and O–H groups in total. The summed E-state index contributed by atoms with van der Waals surface area (Å²) >= 11 is 0. The number of carbonyl (C=O) groups excluding carboxylic acids is 1. The summed E-state index contributed by atoms with van der Waals surface area (Å²) in [6.07, 6.45) is 7.74. The Kier molecular flexibility index (Phi) is 5.97. The Bertz CT molecular complexity index is 717. The summed E-state index contributed by atoms with van der Waals surface area (Å²) < 4.78 is 2.12. The zero-order valence-corrected chi connectivity index (χ0v) is 15.1. The molecule has 3 unspecified atom stereocenters. The lowest BCUT2D eigenvalue weighted by Gasteiger charge is -2.19. The van der Waals surface area contributed by atoms with Crippen molar-refractivity contribution in [2.75, 3.05) is 6.61 Å². The van der Waals surface area contributed by atoms with Crippen LogP contribution in [0.4, 0.5) is 0 Å². The van der Waals surface area contributed by atoms with Crippen molar-refractivity contribution in [3.63, 3.8) is 0 Å². The van der Waals surface area contributed by atoms with Crippen LogP contribution in [0.3, 0.4) is 0 Å². The summed E-state index contributed by atoms with van der Waals surface area (Å²) in [5.74, 6) is 1.25. The Hall–Kier alpha value is -2.29. The monoisotopic (exact) mass is 358 g/mol. The zero-order chi connectivity index (χ0) is 18.5. The lowest BCUT2D eigenvalue weighted by molar-refractivity contribution is -0.124. The number of aliphatic hydroxyl groups is 1. The van der Waals surface area contributed by atoms with E-state index in [0.717, 1.165) is 17.9 Å². The van der Waals surface area contributed by atoms with Crippen LogP contribution in [-0.4, -0.2) is 44.2 Å². The number of hydrazine groups is 1. The van der Waals surface area contributed by atoms with E-state index in [-0.39, 0.29) is 24.6 Å². The molecule has 2 aromatic heterocycles. The molecule has 140 valence electrons. The molecule has 0 bridgehead atoms. The molecule has 1 amide bonds. The predicted octanol–water partition coefficient (Wildman–Crippen LogP) is 0.486. The van der Waals surface area contributed by atoms with E-state index in [1.54, 1.807) is 18.5 Å². The van der Waals surface area contributed by atoms with Crippen LogP contribution in [-0.2, 0) is 11.3 Å². The molecule has 0 aliphatic carbocycles. The van der Waals surface area contributed by atoms with Crippen molar-refractivity contribution in [3.8, 4) is 0 Å². The van der Waals surface area contributed by atoms with Gasteiger partial charge in [0.15, 0.2) is 0 Å². The fourth-order valence-corrected chi connectivity index (χ4v) is 3.22. The van der Waals surface area contributed by atoms with Gasteiger partial charge in [-0.2, -0.15) is 0 Å². The maximum Gasteiger partial charge on any atom is 0.239 e. The highest BCUT2D eigenvalue weighted by atomic mass is 16.3. The fraction of sp³-hybridized carbons (Fsp3) is 0.500. The largest absolute Gasteiger partial charge is 0.394 e. The highest BCUT2D eigenvalue weighted by Crippen LogP contribution is 2.16. The molecule has 2 aromatic rings. The summed E-state index contributed by atoms with van der Waals surface area (Å²) in [5.41, 5.74) is 7.03. The Labute approximate surface area is 153 Å². The second-order valence-electron chi connectivity index (χ2n) is 6.90. The maximum atomic E-state index is 12.5. The van der Waals surface area contributed by atoms with Crippen molar-refractivity contribution in [1.29, 1.82) is 0 Å². The molecular formula is C18H26N6O2. The third-order valence-electron chi connectivity index (χ3n) is 4.57. The van der Waals surface area contributed by atoms with E-state index in [9.17, 15) is 9.90 Å². The van der Waals surface area contributed by atoms with E-state index in [1.165, 1.54) is 0 Å². The molecule has 1 saturated heterocycles. The molecule has 3 rings (SSSR count). The van der Waals surface area contributed by atoms with E-state index >= 15 is 0 Å². The molecule has 0 radical (unpaired) electrons. The number of aliphatic hydroxyl groups excluding tert-OH is 1. The molecule has 0 spiro atoms. The first-order valence-electron chi connectivity index (χ1n) is 8.91. The summed E-state index contributed by atoms with van der Waals surface area (Å²) in [7, 11) is 0. The number of hydrogen-bond donors (Lipinski definition) is 4. The van der Waals surface area contributed by atoms with Gasteiger partial charge >= 0.3 is 0 Å². The number of nitrogens with one attached hydrogen (secondary N) is 3. The first-order valence-corrected chi connectivity index (χ1v) is 8.91. The number of amides is 1. The number of aromatic nitrogens is 3. The van der Waals surface area contributed by atoms with E-state index in [0.29, 0.717) is 12.3 Å². The van der Waals surface area contributed by atoms with Crippen LogP contribution in [0.15, 0.2) is 36.9 Å². The number of hydrogen-bond acceptors (Lipinski definition) is 6. The topological polar surface area (TPSA) is 104 Å². The molecule has 8 heteroatoms. The van der Waals surface area contributed by atoms with Crippen molar-refractivity contribution < 1.29 is 9.90 Å². The molecule has 26 heavy (non-hydrogen) atoms. The van der Waals surface area contributed by atoms with Gasteiger partial charge in [-0.3, -0.25) is 15.2 Å². The van der Waals surface area contributed by atoms with Gasteiger partial charge < -0.3 is 15.0 Å². The summed E-state index contributed by atoms with van der Waals surface area (Å²) in [4.78, 5) is 21.0. The third-order valence-corrected chi connectivity index (χ3v) is 4.57. The number of carbonyl (C=O) groups is 1. The number of imidazole rings is 1. The van der Waals surface area contributed by atoms with Crippen LogP contribution in [0.1, 0.15) is 43.6 Å². The van der Waals surface area contributed by atoms with Crippen LogP contribution in [0, 0.1) is 0 Å². The lowest BCUT2D eigenvalue weighted by Crippen LogP contribution is -2.45. The van der Waals surface area contributed by atoms with Gasteiger partial charge in [0, 0.05) is 43.3 Å². The van der Waals surface area contributed by atoms with Crippen LogP contribution in [0.2, 0.25) is 0 Å². The van der Waals surface area contributed by atoms with Crippen LogP contribution in [0.25, 0.3) is 0 Å². The Morgan fingerprint density at radius 1 is 1.42 bits per heavy atom. The number of pyridine rings is 1. The maximum absolute atomic E-state index is 12.5. The Balaban J connectivity index is 1.56. The fourth-order valence-electron chi connectivity index (χ4n) is 3.22. The van der Waals surface area contributed by atoms with Gasteiger partial charge in [-0.25, -0.2) is 10.4 Å². The minimum Gasteiger partial charge on any atom is -0.394 e. The average Bonchev–Trinajstić information content (AvgIpc) is 3.30. The molecular weight excluding hydrogens is 332 g/mol. The van der Waals surface area contributed by atoms with Gasteiger partial charge in [-0.1, -0.05) is 19.9 Å². The predicted molar refractivity (Wildman–Crippen MR) is 97.0 cm³/mol. The van der Waals surface area contributed by atoms with Gasteiger partial charge in [0.1, 0.15) is 11.9 Å². The summed E-state index contributed by atoms with van der Waals surface area (Å²) in [6.45, 7) is 4.80. The molecule has 1 fully saturated rings. The number of rotatable bonds is 7. The summed E-state index contributed by atoms with van der Waals surface area (Å²) in [6, 6.07) is 2.94. The third kappa shape index (κ3) is 4.27. The van der Waals surface area contributed by atoms with E-state index in [1.807, 2.05) is 18.5 Å². The van der Waals surface area contributed by atoms with Gasteiger partial charge in [-0.05, 0) is 18.1 Å². The van der Waals surface area contributed by atoms with Crippen molar-refractivity contribution in [2.24, 2.45) is 0 Å². The Morgan fingerprint density at radius 3 is 2.96 bits per heavy atom. The minimum absolute atomic E-state index is 0.128. The van der Waals surface area contributed by atoms with Crippen molar-refractivity contribution in [1.82, 2.24) is 30.7 Å². The quantitative estimate of drug-likeness (QED) is 0.574. The van der Waals surface area contributed by atoms with E-state index in [2.05, 4.69) is 44.6 Å². The van der Waals surface area contributed by atoms with Crippen molar-refractivity contribution >= 4 is 5.91 Å². The minimum atomic E-state index is -0.460. The van der Waals surface area contributed by atoms with Crippen molar-refractivity contribution in [3.05, 3.63) is 48.3 Å². The van der Waals surface area contributed by atoms with E-state index in [4.69, 9.17) is 0 Å². The number of nitrogens with zero attached hydrogens (tertiary/aromatic N) is 3. The molecule has 0 aromatic carbocycles. The zero-order valence-electron chi connectivity index (χ0n) is 15.1. The first-order chi connectivity index (χ1) is 12.6. The van der Waals surface area contributed by atoms with Gasteiger partial charge in [-0.15, -0.1) is 0 Å². The molecule has 8 nitrogen and oxygen atoms in total. The molecule has 3 heterocycles. The molecule has 3 atom stereocenters. The highest BCUT2D eigenvalue weighted by molar-refractivity contribution is 5.82. The second-order valence-corrected chi connectivity index (χ2v) is 6.90. The lowest BCUT2D eigenvalue weighted by atomic mass is 10.1. The molecule has 1 aliphatic rings. The summed E-state index contributed by atoms with van der Waals surface area (Å²) in [5, 5.41) is 12.5. The highest BCUT2D eigenvalue weighted by Gasteiger charge is 2.31. The van der Waals surface area contributed by atoms with Gasteiger partial charge in [0.05, 0.1) is 12.6 Å². The normalized spacial score (nSPS) is 21.1. The van der Waals surface area contributed by atoms with Crippen LogP contribution in [0.5, 0.6) is 0 Å². The van der Waals surface area contributed by atoms with Gasteiger partial charge in [0.2, 0.25) is 5.91 Å². The van der Waals surface area contributed by atoms with Crippen LogP contribution < -0.4 is 16.2 Å². The van der Waals surface area contributed by atoms with Crippen LogP contribution >= 0.6 is 0 Å². The Morgan fingerprint density at radius 2 is 2.27 bits per heavy atom. The average molecular weight is 358 g/mol. The van der Waals surface area contributed by atoms with E-state index < -0.39 is 6.04 Å². The molecule has 1 aliphatic heterocycles. The first kappa shape index (κ1) is 18.5. The molecule has 0 saturated carbocycles. The SMILES string of the molecule is CC(C)c1nccn1CC1CC(C(=O)NC(CO)c2cccnc2)NN1. The smallest absolute Gasteiger partial charge is 0.239 e. The standard InChI is InChI=1S/C18H26N6O2/c1-12(2)17-20-6-7-24(17)10-14-8-15(23-22-14)18(26)21-16(11-25)13-4-3-5-19-9-13/h3-7,9,12,14-16,22-23,25H,8,10-11H2,1-2H3,(H,21,26). The van der Waals surface area contributed by atoms with Gasteiger partial charge in [0.25, 0.3) is 0 Å². The second kappa shape index (κ2) is 8.39. The van der Waals surface area contributed by atoms with Crippen molar-refractivity contribution in [2.45, 2.75) is 50.9 Å².